The van der Waals surface area contributed by atoms with Crippen molar-refractivity contribution in [3.8, 4) is 28.5 Å². The molecule has 9 heteroatoms. The highest BCUT2D eigenvalue weighted by molar-refractivity contribution is 5.96. The molecule has 0 aliphatic carbocycles. The lowest BCUT2D eigenvalue weighted by Gasteiger charge is -2.28. The van der Waals surface area contributed by atoms with Gasteiger partial charge in [-0.05, 0) is 57.6 Å². The zero-order chi connectivity index (χ0) is 24.5. The number of rotatable bonds is 7. The van der Waals surface area contributed by atoms with E-state index in [0.717, 1.165) is 70.1 Å². The van der Waals surface area contributed by atoms with Gasteiger partial charge in [0, 0.05) is 36.8 Å². The Morgan fingerprint density at radius 3 is 2.78 bits per heavy atom. The number of hydrogen-bond acceptors (Lipinski definition) is 7. The van der Waals surface area contributed by atoms with Crippen LogP contribution in [0.2, 0.25) is 0 Å². The Kier molecular flexibility index (Phi) is 5.98. The molecule has 4 aromatic heterocycles. The van der Waals surface area contributed by atoms with E-state index >= 15 is 0 Å². The summed E-state index contributed by atoms with van der Waals surface area (Å²) in [5.74, 6) is 1.47. The number of hydrogen-bond donors (Lipinski definition) is 2. The molecule has 0 bridgehead atoms. The van der Waals surface area contributed by atoms with Gasteiger partial charge in [0.2, 0.25) is 0 Å². The molecule has 1 aromatic carbocycles. The van der Waals surface area contributed by atoms with Crippen LogP contribution in [-0.4, -0.2) is 75.4 Å². The summed E-state index contributed by atoms with van der Waals surface area (Å²) >= 11 is 0. The molecule has 0 spiro atoms. The molecule has 0 amide bonds. The normalized spacial score (nSPS) is 14.2. The lowest BCUT2D eigenvalue weighted by atomic mass is 10.1. The molecular formula is C27H30N8O. The second-order valence-electron chi connectivity index (χ2n) is 9.55. The first-order valence-electron chi connectivity index (χ1n) is 12.5. The van der Waals surface area contributed by atoms with Crippen LogP contribution in [-0.2, 0) is 0 Å². The van der Waals surface area contributed by atoms with E-state index in [9.17, 15) is 0 Å². The maximum absolute atomic E-state index is 5.87. The van der Waals surface area contributed by atoms with E-state index in [1.165, 1.54) is 24.9 Å². The van der Waals surface area contributed by atoms with Gasteiger partial charge in [-0.3, -0.25) is 15.1 Å². The van der Waals surface area contributed by atoms with Crippen LogP contribution >= 0.6 is 0 Å². The summed E-state index contributed by atoms with van der Waals surface area (Å²) in [6.45, 7) is 3.59. The van der Waals surface area contributed by atoms with Gasteiger partial charge in [-0.25, -0.2) is 4.98 Å². The van der Waals surface area contributed by atoms with Crippen LogP contribution in [0.15, 0.2) is 48.9 Å². The zero-order valence-electron chi connectivity index (χ0n) is 20.7. The van der Waals surface area contributed by atoms with E-state index in [4.69, 9.17) is 9.72 Å². The maximum atomic E-state index is 5.87. The van der Waals surface area contributed by atoms with Gasteiger partial charge in [-0.2, -0.15) is 5.10 Å². The van der Waals surface area contributed by atoms with Crippen molar-refractivity contribution in [3.05, 3.63) is 48.9 Å². The number of benzene rings is 1. The minimum Gasteiger partial charge on any atom is -0.491 e. The fraction of sp³-hybridized carbons (Fsp3) is 0.333. The van der Waals surface area contributed by atoms with Crippen molar-refractivity contribution >= 4 is 27.6 Å². The summed E-state index contributed by atoms with van der Waals surface area (Å²) in [4.78, 5) is 22.0. The highest BCUT2D eigenvalue weighted by Gasteiger charge is 2.19. The molecule has 2 N–H and O–H groups in total. The topological polar surface area (TPSA) is 98.9 Å². The van der Waals surface area contributed by atoms with Crippen molar-refractivity contribution < 1.29 is 4.74 Å². The highest BCUT2D eigenvalue weighted by atomic mass is 16.5. The van der Waals surface area contributed by atoms with Gasteiger partial charge in [0.25, 0.3) is 0 Å². The van der Waals surface area contributed by atoms with Gasteiger partial charge in [-0.1, -0.05) is 6.07 Å². The molecule has 1 aliphatic rings. The maximum Gasteiger partial charge on any atom is 0.159 e. The number of aromatic amines is 2. The number of fused-ring (bicyclic) bond motifs is 2. The third kappa shape index (κ3) is 4.37. The Bertz CT molecular complexity index is 1500. The number of ether oxygens (including phenoxy) is 1. The second kappa shape index (κ2) is 9.58. The second-order valence-corrected chi connectivity index (χ2v) is 9.55. The number of anilines is 1. The van der Waals surface area contributed by atoms with E-state index < -0.39 is 0 Å². The number of H-pyrrole nitrogens is 2. The number of imidazole rings is 1. The van der Waals surface area contributed by atoms with Crippen LogP contribution in [0.1, 0.15) is 19.3 Å². The molecule has 6 rings (SSSR count). The van der Waals surface area contributed by atoms with Gasteiger partial charge in [0.05, 0.1) is 34.8 Å². The quantitative estimate of drug-likeness (QED) is 0.353. The molecule has 5 aromatic rings. The van der Waals surface area contributed by atoms with E-state index in [1.807, 2.05) is 32.4 Å². The number of nitrogens with zero attached hydrogens (tertiary/aromatic N) is 6. The van der Waals surface area contributed by atoms with Crippen LogP contribution in [0, 0.1) is 0 Å². The summed E-state index contributed by atoms with van der Waals surface area (Å²) in [5, 5.41) is 8.66. The SMILES string of the molecule is CN(C)CCOc1cncc(-c2cc3c(-c4nc5c(N6CCCCC6)cccc5[nH]4)n[nH]c3cn2)c1. The van der Waals surface area contributed by atoms with E-state index in [0.29, 0.717) is 6.61 Å². The number of para-hydroxylation sites is 1. The molecule has 0 radical (unpaired) electrons. The molecule has 0 saturated carbocycles. The first-order chi connectivity index (χ1) is 17.7. The standard InChI is InChI=1S/C27H30N8O/c1-34(2)11-12-36-19-13-18(15-28-16-19)22-14-20-23(17-29-22)32-33-25(20)27-30-21-7-6-8-24(26(21)31-27)35-9-4-3-5-10-35/h6-8,13-17H,3-5,9-12H2,1-2H3,(H,30,31)(H,32,33). The number of likely N-dealkylation sites (N-methyl/N-ethyl adjacent to an activating group) is 1. The van der Waals surface area contributed by atoms with Crippen LogP contribution in [0.5, 0.6) is 5.75 Å². The van der Waals surface area contributed by atoms with Crippen LogP contribution < -0.4 is 9.64 Å². The molecule has 1 aliphatic heterocycles. The highest BCUT2D eigenvalue weighted by Crippen LogP contribution is 2.33. The Morgan fingerprint density at radius 1 is 1.03 bits per heavy atom. The number of nitrogens with one attached hydrogen (secondary N) is 2. The largest absolute Gasteiger partial charge is 0.491 e. The summed E-state index contributed by atoms with van der Waals surface area (Å²) in [7, 11) is 4.05. The van der Waals surface area contributed by atoms with E-state index in [2.05, 4.69) is 53.1 Å². The molecule has 9 nitrogen and oxygen atoms in total. The van der Waals surface area contributed by atoms with E-state index in [-0.39, 0.29) is 0 Å². The summed E-state index contributed by atoms with van der Waals surface area (Å²) in [6, 6.07) is 10.4. The van der Waals surface area contributed by atoms with Crippen molar-refractivity contribution in [2.75, 3.05) is 45.2 Å². The molecule has 0 atom stereocenters. The van der Waals surface area contributed by atoms with Crippen molar-refractivity contribution in [2.45, 2.75) is 19.3 Å². The first kappa shape index (κ1) is 22.5. The van der Waals surface area contributed by atoms with Crippen LogP contribution in [0.3, 0.4) is 0 Å². The number of pyridine rings is 2. The molecule has 1 saturated heterocycles. The fourth-order valence-electron chi connectivity index (χ4n) is 4.76. The predicted octanol–water partition coefficient (Wildman–Crippen LogP) is 4.49. The molecule has 36 heavy (non-hydrogen) atoms. The van der Waals surface area contributed by atoms with E-state index in [1.54, 1.807) is 12.4 Å². The summed E-state index contributed by atoms with van der Waals surface area (Å²) in [6.07, 6.45) is 9.10. The first-order valence-corrected chi connectivity index (χ1v) is 12.5. The smallest absolute Gasteiger partial charge is 0.159 e. The molecule has 1 fully saturated rings. The average Bonchev–Trinajstić information content (AvgIpc) is 3.53. The molecule has 184 valence electrons. The van der Waals surface area contributed by atoms with Crippen LogP contribution in [0.25, 0.3) is 44.7 Å². The van der Waals surface area contributed by atoms with Gasteiger partial charge < -0.3 is 19.5 Å². The third-order valence-electron chi connectivity index (χ3n) is 6.68. The zero-order valence-corrected chi connectivity index (χ0v) is 20.7. The van der Waals surface area contributed by atoms with Crippen molar-refractivity contribution in [2.24, 2.45) is 0 Å². The summed E-state index contributed by atoms with van der Waals surface area (Å²) in [5.41, 5.74) is 6.53. The number of aromatic nitrogens is 6. The lowest BCUT2D eigenvalue weighted by Crippen LogP contribution is -2.29. The van der Waals surface area contributed by atoms with Gasteiger partial charge in [-0.15, -0.1) is 0 Å². The van der Waals surface area contributed by atoms with Gasteiger partial charge in [0.1, 0.15) is 23.6 Å². The Labute approximate surface area is 209 Å². The van der Waals surface area contributed by atoms with Gasteiger partial charge in [0.15, 0.2) is 5.82 Å². The Balaban J connectivity index is 1.34. The minimum absolute atomic E-state index is 0.599. The summed E-state index contributed by atoms with van der Waals surface area (Å²) < 4.78 is 5.87. The fourth-order valence-corrected chi connectivity index (χ4v) is 4.76. The Hall–Kier alpha value is -3.98. The predicted molar refractivity (Wildman–Crippen MR) is 142 cm³/mol. The monoisotopic (exact) mass is 482 g/mol. The van der Waals surface area contributed by atoms with Crippen molar-refractivity contribution in [1.29, 1.82) is 0 Å². The third-order valence-corrected chi connectivity index (χ3v) is 6.68. The Morgan fingerprint density at radius 2 is 1.92 bits per heavy atom. The minimum atomic E-state index is 0.599. The molecular weight excluding hydrogens is 452 g/mol. The van der Waals surface area contributed by atoms with Gasteiger partial charge >= 0.3 is 0 Å². The molecule has 5 heterocycles. The molecule has 0 unspecified atom stereocenters. The van der Waals surface area contributed by atoms with Crippen molar-refractivity contribution in [3.63, 3.8) is 0 Å². The average molecular weight is 483 g/mol. The van der Waals surface area contributed by atoms with Crippen LogP contribution in [0.4, 0.5) is 5.69 Å². The lowest BCUT2D eigenvalue weighted by molar-refractivity contribution is 0.261. The van der Waals surface area contributed by atoms with Crippen molar-refractivity contribution in [1.82, 2.24) is 35.0 Å². The number of piperidine rings is 1.